The number of methoxy groups -OCH3 is 1. The lowest BCUT2D eigenvalue weighted by Gasteiger charge is -2.28. The molecular weight excluding hydrogens is 498 g/mol. The second-order valence-electron chi connectivity index (χ2n) is 11.8. The number of rotatable bonds is 13. The van der Waals surface area contributed by atoms with Crippen LogP contribution in [0, 0.1) is 5.92 Å². The lowest BCUT2D eigenvalue weighted by molar-refractivity contribution is -0.118. The molecule has 0 saturated heterocycles. The number of fused-ring (bicyclic) bond motifs is 1. The molecule has 2 unspecified atom stereocenters. The molecule has 6 heteroatoms. The fraction of sp³-hybridized carbons (Fsp3) is 0.618. The van der Waals surface area contributed by atoms with Gasteiger partial charge in [-0.05, 0) is 74.8 Å². The summed E-state index contributed by atoms with van der Waals surface area (Å²) in [6.07, 6.45) is 17.7. The average molecular weight is 550 g/mol. The first-order valence-electron chi connectivity index (χ1n) is 15.6. The predicted octanol–water partition coefficient (Wildman–Crippen LogP) is 5.78. The standard InChI is InChI=1S/C34H51N3O3/c1-25-18-19-28(34(38)37-29(24-35-2)22-26-12-6-4-7-13-26)23-31(30-16-10-17-32(30)36-25)33(40-21-11-20-39-3)27-14-8-5-9-15-27/h5,8-9,14-15,18-19,23,25-26,29,32-33,35-36H,4,6-7,10-13,16-17,20-22,24H2,1-3H3,(H,37,38)/b19-18-,28-23+,31-30-/t25?,29-,32?,33-/m0/s1. The Balaban J connectivity index is 1.67. The van der Waals surface area contributed by atoms with Crippen LogP contribution in [-0.2, 0) is 14.3 Å². The third-order valence-corrected chi connectivity index (χ3v) is 8.62. The van der Waals surface area contributed by atoms with E-state index in [2.05, 4.69) is 59.3 Å². The molecule has 0 bridgehead atoms. The van der Waals surface area contributed by atoms with Crippen LogP contribution < -0.4 is 16.0 Å². The number of hydrogen-bond donors (Lipinski definition) is 3. The number of nitrogens with one attached hydrogen (secondary N) is 3. The summed E-state index contributed by atoms with van der Waals surface area (Å²) in [6, 6.07) is 11.0. The fourth-order valence-corrected chi connectivity index (χ4v) is 6.62. The molecule has 1 heterocycles. The number of carbonyl (C=O) groups excluding carboxylic acids is 1. The lowest BCUT2D eigenvalue weighted by atomic mass is 9.84. The molecule has 3 N–H and O–H groups in total. The second kappa shape index (κ2) is 16.3. The van der Waals surface area contributed by atoms with E-state index in [0.717, 1.165) is 49.8 Å². The fourth-order valence-electron chi connectivity index (χ4n) is 6.62. The van der Waals surface area contributed by atoms with Crippen molar-refractivity contribution in [3.05, 3.63) is 70.8 Å². The molecular formula is C34H51N3O3. The maximum absolute atomic E-state index is 13.9. The summed E-state index contributed by atoms with van der Waals surface area (Å²) in [4.78, 5) is 13.9. The topological polar surface area (TPSA) is 71.6 Å². The molecule has 3 aliphatic rings. The molecule has 220 valence electrons. The molecule has 1 aromatic carbocycles. The van der Waals surface area contributed by atoms with Crippen molar-refractivity contribution in [3.8, 4) is 0 Å². The molecule has 1 amide bonds. The van der Waals surface area contributed by atoms with Crippen LogP contribution in [-0.4, -0.2) is 57.9 Å². The van der Waals surface area contributed by atoms with Crippen LogP contribution in [0.15, 0.2) is 65.3 Å². The molecule has 40 heavy (non-hydrogen) atoms. The van der Waals surface area contributed by atoms with Crippen LogP contribution in [0.25, 0.3) is 0 Å². The first-order valence-corrected chi connectivity index (χ1v) is 15.6. The van der Waals surface area contributed by atoms with Crippen molar-refractivity contribution >= 4 is 5.91 Å². The van der Waals surface area contributed by atoms with Gasteiger partial charge in [-0.1, -0.05) is 74.6 Å². The quantitative estimate of drug-likeness (QED) is 0.272. The SMILES string of the molecule is CNC[C@H](CC1CCCCC1)NC(=O)C1=C/C([C@@H](OCCCOC)c2ccccc2)=C2\CCCC2NC(C)/C=C\1. The van der Waals surface area contributed by atoms with E-state index in [9.17, 15) is 4.79 Å². The zero-order valence-electron chi connectivity index (χ0n) is 24.9. The average Bonchev–Trinajstić information content (AvgIpc) is 3.43. The van der Waals surface area contributed by atoms with Crippen molar-refractivity contribution < 1.29 is 14.3 Å². The molecule has 0 aromatic heterocycles. The van der Waals surface area contributed by atoms with Crippen LogP contribution >= 0.6 is 0 Å². The van der Waals surface area contributed by atoms with E-state index in [1.54, 1.807) is 7.11 Å². The van der Waals surface area contributed by atoms with Crippen molar-refractivity contribution in [1.29, 1.82) is 0 Å². The van der Waals surface area contributed by atoms with Crippen molar-refractivity contribution in [2.75, 3.05) is 33.9 Å². The largest absolute Gasteiger partial charge is 0.385 e. The van der Waals surface area contributed by atoms with Gasteiger partial charge in [-0.25, -0.2) is 0 Å². The molecule has 1 aliphatic heterocycles. The normalized spacial score (nSPS) is 27.4. The first-order chi connectivity index (χ1) is 19.6. The van der Waals surface area contributed by atoms with Gasteiger partial charge in [-0.3, -0.25) is 4.79 Å². The van der Waals surface area contributed by atoms with Crippen molar-refractivity contribution in [1.82, 2.24) is 16.0 Å². The van der Waals surface area contributed by atoms with E-state index in [-0.39, 0.29) is 30.1 Å². The van der Waals surface area contributed by atoms with Gasteiger partial charge in [0.15, 0.2) is 0 Å². The molecule has 2 fully saturated rings. The monoisotopic (exact) mass is 549 g/mol. The number of hydrogen-bond acceptors (Lipinski definition) is 5. The van der Waals surface area contributed by atoms with Gasteiger partial charge in [0.1, 0.15) is 6.10 Å². The molecule has 2 saturated carbocycles. The molecule has 1 aromatic rings. The Kier molecular flexibility index (Phi) is 12.5. The Hall–Kier alpha value is -2.25. The summed E-state index contributed by atoms with van der Waals surface area (Å²) < 4.78 is 11.9. The highest BCUT2D eigenvalue weighted by Gasteiger charge is 2.30. The molecule has 6 nitrogen and oxygen atoms in total. The zero-order valence-corrected chi connectivity index (χ0v) is 24.9. The lowest BCUT2D eigenvalue weighted by Crippen LogP contribution is -2.43. The van der Waals surface area contributed by atoms with Gasteiger partial charge < -0.3 is 25.4 Å². The third-order valence-electron chi connectivity index (χ3n) is 8.62. The Morgan fingerprint density at radius 2 is 1.88 bits per heavy atom. The Bertz CT molecular complexity index is 1010. The maximum atomic E-state index is 13.9. The zero-order chi connectivity index (χ0) is 28.2. The summed E-state index contributed by atoms with van der Waals surface area (Å²) in [6.45, 7) is 4.21. The molecule has 4 atom stereocenters. The number of carbonyl (C=O) groups is 1. The summed E-state index contributed by atoms with van der Waals surface area (Å²) in [5, 5.41) is 10.5. The predicted molar refractivity (Wildman–Crippen MR) is 163 cm³/mol. The van der Waals surface area contributed by atoms with Gasteiger partial charge in [-0.2, -0.15) is 0 Å². The van der Waals surface area contributed by atoms with Gasteiger partial charge in [0.05, 0.1) is 6.61 Å². The summed E-state index contributed by atoms with van der Waals surface area (Å²) >= 11 is 0. The van der Waals surface area contributed by atoms with Gasteiger partial charge >= 0.3 is 0 Å². The molecule has 2 aliphatic carbocycles. The smallest absolute Gasteiger partial charge is 0.251 e. The molecule has 0 spiro atoms. The minimum absolute atomic E-state index is 0.000232. The highest BCUT2D eigenvalue weighted by molar-refractivity contribution is 5.97. The Morgan fingerprint density at radius 1 is 1.07 bits per heavy atom. The minimum atomic E-state index is -0.240. The van der Waals surface area contributed by atoms with E-state index in [0.29, 0.717) is 24.7 Å². The number of amides is 1. The Morgan fingerprint density at radius 3 is 2.62 bits per heavy atom. The van der Waals surface area contributed by atoms with Crippen molar-refractivity contribution in [3.63, 3.8) is 0 Å². The van der Waals surface area contributed by atoms with E-state index in [1.165, 1.54) is 37.7 Å². The van der Waals surface area contributed by atoms with Crippen LogP contribution in [0.4, 0.5) is 0 Å². The van der Waals surface area contributed by atoms with Gasteiger partial charge in [0.25, 0.3) is 5.91 Å². The van der Waals surface area contributed by atoms with E-state index >= 15 is 0 Å². The molecule has 4 rings (SSSR count). The van der Waals surface area contributed by atoms with E-state index < -0.39 is 0 Å². The van der Waals surface area contributed by atoms with Gasteiger partial charge in [-0.15, -0.1) is 0 Å². The van der Waals surface area contributed by atoms with Crippen molar-refractivity contribution in [2.24, 2.45) is 5.92 Å². The number of likely N-dealkylation sites (N-methyl/N-ethyl adjacent to an activating group) is 1. The summed E-state index contributed by atoms with van der Waals surface area (Å²) in [7, 11) is 3.70. The Labute approximate surface area is 242 Å². The highest BCUT2D eigenvalue weighted by atomic mass is 16.5. The van der Waals surface area contributed by atoms with Gasteiger partial charge in [0, 0.05) is 44.0 Å². The maximum Gasteiger partial charge on any atom is 0.251 e. The third kappa shape index (κ3) is 8.87. The second-order valence-corrected chi connectivity index (χ2v) is 11.8. The first kappa shape index (κ1) is 30.7. The van der Waals surface area contributed by atoms with Crippen LogP contribution in [0.3, 0.4) is 0 Å². The minimum Gasteiger partial charge on any atom is -0.385 e. The summed E-state index contributed by atoms with van der Waals surface area (Å²) in [5.74, 6) is 0.696. The van der Waals surface area contributed by atoms with Crippen LogP contribution in [0.1, 0.15) is 82.8 Å². The molecule has 0 radical (unpaired) electrons. The van der Waals surface area contributed by atoms with Gasteiger partial charge in [0.2, 0.25) is 0 Å². The number of ether oxygens (including phenoxy) is 2. The van der Waals surface area contributed by atoms with Crippen LogP contribution in [0.5, 0.6) is 0 Å². The van der Waals surface area contributed by atoms with E-state index in [1.807, 2.05) is 19.2 Å². The van der Waals surface area contributed by atoms with Crippen molar-refractivity contribution in [2.45, 2.75) is 95.4 Å². The summed E-state index contributed by atoms with van der Waals surface area (Å²) in [5.41, 5.74) is 4.32. The van der Waals surface area contributed by atoms with Crippen LogP contribution in [0.2, 0.25) is 0 Å². The number of benzene rings is 1. The van der Waals surface area contributed by atoms with E-state index in [4.69, 9.17) is 9.47 Å². The highest BCUT2D eigenvalue weighted by Crippen LogP contribution is 2.38.